The van der Waals surface area contributed by atoms with E-state index < -0.39 is 0 Å². The maximum atomic E-state index is 13.3. The minimum atomic E-state index is -0.110. The van der Waals surface area contributed by atoms with Gasteiger partial charge in [-0.3, -0.25) is 14.3 Å². The zero-order valence-electron chi connectivity index (χ0n) is 19.2. The largest absolute Gasteiger partial charge is 0.348 e. The number of rotatable bonds is 4. The van der Waals surface area contributed by atoms with Gasteiger partial charge in [0.15, 0.2) is 0 Å². The van der Waals surface area contributed by atoms with E-state index in [4.69, 9.17) is 0 Å². The van der Waals surface area contributed by atoms with Crippen molar-refractivity contribution in [1.29, 1.82) is 0 Å². The predicted octanol–water partition coefficient (Wildman–Crippen LogP) is 2.73. The molecule has 0 spiro atoms. The molecule has 170 valence electrons. The van der Waals surface area contributed by atoms with Gasteiger partial charge in [-0.05, 0) is 49.4 Å². The highest BCUT2D eigenvalue weighted by Gasteiger charge is 2.25. The Hall–Kier alpha value is -3.68. The normalized spacial score (nSPS) is 15.9. The monoisotopic (exact) mass is 444 g/mol. The van der Waals surface area contributed by atoms with E-state index in [1.165, 1.54) is 4.68 Å². The van der Waals surface area contributed by atoms with Gasteiger partial charge in [-0.2, -0.15) is 5.10 Å². The van der Waals surface area contributed by atoms with Crippen molar-refractivity contribution in [2.75, 3.05) is 0 Å². The summed E-state index contributed by atoms with van der Waals surface area (Å²) in [6, 6.07) is 9.94. The van der Waals surface area contributed by atoms with E-state index in [1.807, 2.05) is 36.7 Å². The standard InChI is InChI=1S/C25H28N6O2/c1-16-6-4-8-20-17(2)23(29(3)22(16)20)24(32)27-19-9-10-21-28-31(25(33)30(21)13-11-19)15-18-7-5-12-26-14-18/h4-8,12,14,19H,9-11,13,15H2,1-3H3,(H,27,32). The molecular weight excluding hydrogens is 416 g/mol. The molecule has 0 saturated carbocycles. The first kappa shape index (κ1) is 21.2. The van der Waals surface area contributed by atoms with Crippen LogP contribution in [0.5, 0.6) is 0 Å². The molecule has 0 radical (unpaired) electrons. The Morgan fingerprint density at radius 1 is 1.18 bits per heavy atom. The Morgan fingerprint density at radius 2 is 2.03 bits per heavy atom. The number of amides is 1. The summed E-state index contributed by atoms with van der Waals surface area (Å²) < 4.78 is 5.24. The topological polar surface area (TPSA) is 86.7 Å². The summed E-state index contributed by atoms with van der Waals surface area (Å²) in [6.45, 7) is 5.02. The minimum absolute atomic E-state index is 0.0103. The van der Waals surface area contributed by atoms with E-state index in [9.17, 15) is 9.59 Å². The molecule has 4 aromatic rings. The van der Waals surface area contributed by atoms with E-state index >= 15 is 0 Å². The van der Waals surface area contributed by atoms with Gasteiger partial charge in [-0.15, -0.1) is 0 Å². The number of aryl methyl sites for hydroxylation is 4. The van der Waals surface area contributed by atoms with Crippen molar-refractivity contribution in [3.8, 4) is 0 Å². The molecule has 33 heavy (non-hydrogen) atoms. The van der Waals surface area contributed by atoms with Gasteiger partial charge in [0.1, 0.15) is 11.5 Å². The third-order valence-corrected chi connectivity index (χ3v) is 6.69. The van der Waals surface area contributed by atoms with Crippen LogP contribution in [0.4, 0.5) is 0 Å². The molecule has 1 atom stereocenters. The van der Waals surface area contributed by atoms with Crippen LogP contribution < -0.4 is 11.0 Å². The smallest absolute Gasteiger partial charge is 0.346 e. The van der Waals surface area contributed by atoms with Gasteiger partial charge in [-0.25, -0.2) is 9.48 Å². The fourth-order valence-corrected chi connectivity index (χ4v) is 5.01. The lowest BCUT2D eigenvalue weighted by Crippen LogP contribution is -2.37. The van der Waals surface area contributed by atoms with Crippen molar-refractivity contribution >= 4 is 16.8 Å². The van der Waals surface area contributed by atoms with E-state index in [1.54, 1.807) is 17.0 Å². The average Bonchev–Trinajstić information content (AvgIpc) is 3.14. The Bertz CT molecular complexity index is 1400. The number of hydrogen-bond donors (Lipinski definition) is 1. The van der Waals surface area contributed by atoms with Crippen molar-refractivity contribution in [3.05, 3.63) is 81.4 Å². The molecule has 4 heterocycles. The predicted molar refractivity (Wildman–Crippen MR) is 126 cm³/mol. The highest BCUT2D eigenvalue weighted by Crippen LogP contribution is 2.27. The third-order valence-electron chi connectivity index (χ3n) is 6.69. The number of nitrogens with zero attached hydrogens (tertiary/aromatic N) is 5. The van der Waals surface area contributed by atoms with Gasteiger partial charge >= 0.3 is 5.69 Å². The summed E-state index contributed by atoms with van der Waals surface area (Å²) >= 11 is 0. The van der Waals surface area contributed by atoms with Gasteiger partial charge < -0.3 is 9.88 Å². The quantitative estimate of drug-likeness (QED) is 0.524. The molecule has 1 aliphatic heterocycles. The molecule has 1 unspecified atom stereocenters. The number of fused-ring (bicyclic) bond motifs is 2. The second-order valence-corrected chi connectivity index (χ2v) is 8.87. The van der Waals surface area contributed by atoms with Crippen LogP contribution in [0.1, 0.15) is 45.8 Å². The zero-order chi connectivity index (χ0) is 23.1. The highest BCUT2D eigenvalue weighted by atomic mass is 16.2. The fourth-order valence-electron chi connectivity index (χ4n) is 5.01. The number of pyridine rings is 1. The van der Waals surface area contributed by atoms with E-state index in [0.717, 1.165) is 39.8 Å². The lowest BCUT2D eigenvalue weighted by Gasteiger charge is -2.17. The molecule has 0 bridgehead atoms. The van der Waals surface area contributed by atoms with Crippen LogP contribution in [0.2, 0.25) is 0 Å². The van der Waals surface area contributed by atoms with Crippen molar-refractivity contribution in [2.45, 2.75) is 52.2 Å². The van der Waals surface area contributed by atoms with Gasteiger partial charge in [-0.1, -0.05) is 24.3 Å². The van der Waals surface area contributed by atoms with Crippen molar-refractivity contribution < 1.29 is 4.79 Å². The van der Waals surface area contributed by atoms with Crippen LogP contribution in [0.3, 0.4) is 0 Å². The SMILES string of the molecule is Cc1c(C(=O)NC2CCc3nn(Cc4cccnc4)c(=O)n3CC2)n(C)c2c(C)cccc12. The molecular formula is C25H28N6O2. The Kier molecular flexibility index (Phi) is 5.36. The van der Waals surface area contributed by atoms with Crippen LogP contribution >= 0.6 is 0 Å². The third kappa shape index (κ3) is 3.75. The van der Waals surface area contributed by atoms with Crippen LogP contribution in [0, 0.1) is 13.8 Å². The average molecular weight is 445 g/mol. The van der Waals surface area contributed by atoms with Gasteiger partial charge in [0.25, 0.3) is 5.91 Å². The zero-order valence-corrected chi connectivity index (χ0v) is 19.2. The first-order valence-corrected chi connectivity index (χ1v) is 11.3. The summed E-state index contributed by atoms with van der Waals surface area (Å²) in [5, 5.41) is 8.89. The molecule has 0 fully saturated rings. The summed E-state index contributed by atoms with van der Waals surface area (Å²) in [5.74, 6) is 0.709. The first-order valence-electron chi connectivity index (χ1n) is 11.3. The van der Waals surface area contributed by atoms with Gasteiger partial charge in [0.05, 0.1) is 12.1 Å². The van der Waals surface area contributed by atoms with Crippen molar-refractivity contribution in [2.24, 2.45) is 7.05 Å². The van der Waals surface area contributed by atoms with Crippen LogP contribution in [0.25, 0.3) is 10.9 Å². The highest BCUT2D eigenvalue weighted by molar-refractivity contribution is 6.02. The van der Waals surface area contributed by atoms with Gasteiger partial charge in [0, 0.05) is 43.8 Å². The number of carbonyl (C=O) groups excluding carboxylic acids is 1. The number of para-hydroxylation sites is 1. The van der Waals surface area contributed by atoms with Crippen LogP contribution in [-0.2, 0) is 26.6 Å². The summed E-state index contributed by atoms with van der Waals surface area (Å²) in [7, 11) is 1.95. The molecule has 1 aliphatic rings. The summed E-state index contributed by atoms with van der Waals surface area (Å²) in [5.41, 5.74) is 4.77. The minimum Gasteiger partial charge on any atom is -0.348 e. The molecule has 3 aromatic heterocycles. The fraction of sp³-hybridized carbons (Fsp3) is 0.360. The second kappa shape index (κ2) is 8.35. The van der Waals surface area contributed by atoms with Crippen molar-refractivity contribution in [1.82, 2.24) is 29.2 Å². The van der Waals surface area contributed by atoms with Crippen molar-refractivity contribution in [3.63, 3.8) is 0 Å². The lowest BCUT2D eigenvalue weighted by molar-refractivity contribution is 0.0924. The first-order chi connectivity index (χ1) is 15.9. The molecule has 5 rings (SSSR count). The molecule has 0 saturated heterocycles. The number of aromatic nitrogens is 5. The molecule has 8 nitrogen and oxygen atoms in total. The maximum absolute atomic E-state index is 13.3. The maximum Gasteiger partial charge on any atom is 0.346 e. The number of hydrogen-bond acceptors (Lipinski definition) is 4. The Labute approximate surface area is 191 Å². The van der Waals surface area contributed by atoms with Crippen LogP contribution in [-0.4, -0.2) is 35.8 Å². The molecule has 8 heteroatoms. The Balaban J connectivity index is 1.32. The molecule has 1 aromatic carbocycles. The van der Waals surface area contributed by atoms with E-state index in [0.29, 0.717) is 31.6 Å². The number of benzene rings is 1. The number of carbonyl (C=O) groups is 1. The second-order valence-electron chi connectivity index (χ2n) is 8.87. The molecule has 1 amide bonds. The van der Waals surface area contributed by atoms with Gasteiger partial charge in [0.2, 0.25) is 0 Å². The molecule has 1 N–H and O–H groups in total. The number of nitrogens with one attached hydrogen (secondary N) is 1. The van der Waals surface area contributed by atoms with E-state index in [-0.39, 0.29) is 17.6 Å². The molecule has 0 aliphatic carbocycles. The van der Waals surface area contributed by atoms with E-state index in [2.05, 4.69) is 34.5 Å². The summed E-state index contributed by atoms with van der Waals surface area (Å²) in [6.07, 6.45) is 5.55. The lowest BCUT2D eigenvalue weighted by atomic mass is 10.1. The summed E-state index contributed by atoms with van der Waals surface area (Å²) in [4.78, 5) is 30.3. The Morgan fingerprint density at radius 3 is 2.79 bits per heavy atom. The van der Waals surface area contributed by atoms with Crippen LogP contribution in [0.15, 0.2) is 47.5 Å².